The number of aliphatic carboxylic acids is 1. The summed E-state index contributed by atoms with van der Waals surface area (Å²) >= 11 is 0. The Labute approximate surface area is 145 Å². The fourth-order valence-electron chi connectivity index (χ4n) is 2.81. The summed E-state index contributed by atoms with van der Waals surface area (Å²) in [7, 11) is 0. The van der Waals surface area contributed by atoms with E-state index in [1.165, 1.54) is 6.92 Å². The molecule has 0 aliphatic heterocycles. The number of carboxylic acids is 1. The van der Waals surface area contributed by atoms with E-state index in [-0.39, 0.29) is 12.3 Å². The summed E-state index contributed by atoms with van der Waals surface area (Å²) in [5.41, 5.74) is 4.16. The number of nitrogens with zero attached hydrogens (tertiary/aromatic N) is 1. The number of rotatable bonds is 5. The third-order valence-corrected chi connectivity index (χ3v) is 3.81. The molecule has 0 saturated heterocycles. The molecule has 5 nitrogen and oxygen atoms in total. The van der Waals surface area contributed by atoms with E-state index in [9.17, 15) is 14.7 Å². The quantitative estimate of drug-likeness (QED) is 0.747. The molecule has 126 valence electrons. The third kappa shape index (κ3) is 3.77. The Kier molecular flexibility index (Phi) is 4.66. The predicted octanol–water partition coefficient (Wildman–Crippen LogP) is 3.73. The lowest BCUT2D eigenvalue weighted by atomic mass is 10.1. The highest BCUT2D eigenvalue weighted by molar-refractivity contribution is 5.88. The minimum atomic E-state index is -0.881. The Morgan fingerprint density at radius 1 is 0.960 bits per heavy atom. The number of carbonyl (C=O) groups excluding carboxylic acids is 1. The third-order valence-electron chi connectivity index (χ3n) is 3.81. The summed E-state index contributed by atoms with van der Waals surface area (Å²) in [6.07, 6.45) is -0.0692. The molecule has 2 aromatic carbocycles. The molecule has 1 heterocycles. The lowest BCUT2D eigenvalue weighted by molar-refractivity contribution is -0.136. The van der Waals surface area contributed by atoms with Gasteiger partial charge in [0.2, 0.25) is 5.91 Å². The number of amides is 1. The van der Waals surface area contributed by atoms with E-state index in [4.69, 9.17) is 0 Å². The number of anilines is 1. The van der Waals surface area contributed by atoms with Gasteiger partial charge in [0, 0.05) is 24.0 Å². The molecule has 1 aromatic heterocycles. The van der Waals surface area contributed by atoms with E-state index in [2.05, 4.69) is 5.32 Å². The minimum absolute atomic E-state index is 0.0692. The van der Waals surface area contributed by atoms with E-state index < -0.39 is 5.97 Å². The Morgan fingerprint density at radius 3 is 2.24 bits per heavy atom. The monoisotopic (exact) mass is 334 g/mol. The van der Waals surface area contributed by atoms with Crippen LogP contribution in [0.5, 0.6) is 0 Å². The first-order valence-corrected chi connectivity index (χ1v) is 7.90. The molecule has 0 fully saturated rings. The van der Waals surface area contributed by atoms with Crippen molar-refractivity contribution in [2.45, 2.75) is 13.3 Å². The first-order valence-electron chi connectivity index (χ1n) is 7.90. The lowest BCUT2D eigenvalue weighted by Crippen LogP contribution is -2.09. The molecule has 1 amide bonds. The number of nitrogens with one attached hydrogen (secondary N) is 1. The molecule has 0 saturated carbocycles. The first kappa shape index (κ1) is 16.5. The van der Waals surface area contributed by atoms with E-state index in [1.54, 1.807) is 12.1 Å². The maximum absolute atomic E-state index is 11.2. The average molecular weight is 334 g/mol. The van der Waals surface area contributed by atoms with Crippen molar-refractivity contribution in [2.24, 2.45) is 0 Å². The second-order valence-electron chi connectivity index (χ2n) is 5.71. The molecule has 0 aliphatic carbocycles. The summed E-state index contributed by atoms with van der Waals surface area (Å²) < 4.78 is 1.93. The Morgan fingerprint density at radius 2 is 1.64 bits per heavy atom. The van der Waals surface area contributed by atoms with Crippen LogP contribution in [0, 0.1) is 0 Å². The Balaban J connectivity index is 2.07. The molecule has 0 bridgehead atoms. The largest absolute Gasteiger partial charge is 0.481 e. The van der Waals surface area contributed by atoms with Gasteiger partial charge >= 0.3 is 5.97 Å². The molecule has 2 N–H and O–H groups in total. The molecule has 0 spiro atoms. The molecular formula is C20H18N2O3. The molecule has 0 atom stereocenters. The van der Waals surface area contributed by atoms with Crippen LogP contribution in [0.1, 0.15) is 12.6 Å². The zero-order valence-electron chi connectivity index (χ0n) is 13.8. The fourth-order valence-corrected chi connectivity index (χ4v) is 2.81. The second kappa shape index (κ2) is 7.05. The van der Waals surface area contributed by atoms with Crippen molar-refractivity contribution in [3.05, 3.63) is 72.4 Å². The maximum atomic E-state index is 11.2. The lowest BCUT2D eigenvalue weighted by Gasteiger charge is -2.14. The minimum Gasteiger partial charge on any atom is -0.481 e. The normalized spacial score (nSPS) is 10.4. The summed E-state index contributed by atoms with van der Waals surface area (Å²) in [5.74, 6) is -1.01. The van der Waals surface area contributed by atoms with Crippen LogP contribution in [0.2, 0.25) is 0 Å². The summed E-state index contributed by atoms with van der Waals surface area (Å²) in [6.45, 7) is 1.46. The fraction of sp³-hybridized carbons (Fsp3) is 0.100. The number of benzene rings is 2. The van der Waals surface area contributed by atoms with Crippen LogP contribution >= 0.6 is 0 Å². The van der Waals surface area contributed by atoms with Crippen LogP contribution in [0.3, 0.4) is 0 Å². The number of hydrogen-bond acceptors (Lipinski definition) is 2. The predicted molar refractivity (Wildman–Crippen MR) is 96.8 cm³/mol. The van der Waals surface area contributed by atoms with Crippen LogP contribution in [0.4, 0.5) is 5.69 Å². The summed E-state index contributed by atoms with van der Waals surface area (Å²) in [6, 6.07) is 20.9. The van der Waals surface area contributed by atoms with Gasteiger partial charge in [0.25, 0.3) is 0 Å². The smallest absolute Gasteiger partial charge is 0.309 e. The van der Waals surface area contributed by atoms with E-state index in [1.807, 2.05) is 59.2 Å². The highest BCUT2D eigenvalue weighted by Gasteiger charge is 2.14. The number of carboxylic acid groups (broad SMARTS) is 1. The summed E-state index contributed by atoms with van der Waals surface area (Å²) in [4.78, 5) is 22.4. The van der Waals surface area contributed by atoms with E-state index in [0.29, 0.717) is 11.4 Å². The van der Waals surface area contributed by atoms with Crippen molar-refractivity contribution in [3.8, 4) is 16.9 Å². The van der Waals surface area contributed by atoms with Gasteiger partial charge in [-0.05, 0) is 42.0 Å². The van der Waals surface area contributed by atoms with Crippen molar-refractivity contribution in [3.63, 3.8) is 0 Å². The van der Waals surface area contributed by atoms with Gasteiger partial charge in [-0.15, -0.1) is 0 Å². The Hall–Kier alpha value is -3.34. The van der Waals surface area contributed by atoms with Crippen molar-refractivity contribution < 1.29 is 14.7 Å². The number of carbonyl (C=O) groups is 2. The van der Waals surface area contributed by atoms with Crippen LogP contribution in [-0.2, 0) is 16.0 Å². The van der Waals surface area contributed by atoms with Gasteiger partial charge in [0.1, 0.15) is 0 Å². The van der Waals surface area contributed by atoms with E-state index in [0.717, 1.165) is 16.9 Å². The van der Waals surface area contributed by atoms with Gasteiger partial charge in [-0.2, -0.15) is 0 Å². The van der Waals surface area contributed by atoms with Gasteiger partial charge in [-0.1, -0.05) is 30.3 Å². The van der Waals surface area contributed by atoms with Crippen LogP contribution in [-0.4, -0.2) is 21.6 Å². The molecule has 3 rings (SSSR count). The molecular weight excluding hydrogens is 316 g/mol. The Bertz CT molecular complexity index is 896. The highest BCUT2D eigenvalue weighted by Crippen LogP contribution is 2.27. The van der Waals surface area contributed by atoms with Gasteiger partial charge < -0.3 is 15.0 Å². The highest BCUT2D eigenvalue weighted by atomic mass is 16.4. The molecule has 0 aliphatic rings. The van der Waals surface area contributed by atoms with Crippen LogP contribution in [0.25, 0.3) is 16.9 Å². The van der Waals surface area contributed by atoms with E-state index >= 15 is 0 Å². The van der Waals surface area contributed by atoms with Crippen LogP contribution < -0.4 is 5.32 Å². The van der Waals surface area contributed by atoms with Gasteiger partial charge in [-0.3, -0.25) is 9.59 Å². The summed E-state index contributed by atoms with van der Waals surface area (Å²) in [5, 5.41) is 11.9. The van der Waals surface area contributed by atoms with Crippen molar-refractivity contribution in [1.29, 1.82) is 0 Å². The van der Waals surface area contributed by atoms with Crippen LogP contribution in [0.15, 0.2) is 66.7 Å². The van der Waals surface area contributed by atoms with Gasteiger partial charge in [0.15, 0.2) is 0 Å². The number of aromatic nitrogens is 1. The zero-order chi connectivity index (χ0) is 17.8. The van der Waals surface area contributed by atoms with Crippen molar-refractivity contribution in [1.82, 2.24) is 4.57 Å². The molecule has 0 radical (unpaired) electrons. The van der Waals surface area contributed by atoms with Crippen molar-refractivity contribution >= 4 is 17.6 Å². The SMILES string of the molecule is CC(=O)Nc1ccc(-n2c(CC(=O)O)ccc2-c2ccccc2)cc1. The van der Waals surface area contributed by atoms with Crippen molar-refractivity contribution in [2.75, 3.05) is 5.32 Å². The molecule has 25 heavy (non-hydrogen) atoms. The second-order valence-corrected chi connectivity index (χ2v) is 5.71. The molecule has 5 heteroatoms. The molecule has 0 unspecified atom stereocenters. The maximum Gasteiger partial charge on any atom is 0.309 e. The average Bonchev–Trinajstić information content (AvgIpc) is 2.99. The topological polar surface area (TPSA) is 71.3 Å². The zero-order valence-corrected chi connectivity index (χ0v) is 13.8. The molecule has 3 aromatic rings. The first-order chi connectivity index (χ1) is 12.0. The number of hydrogen-bond donors (Lipinski definition) is 2. The van der Waals surface area contributed by atoms with Gasteiger partial charge in [0.05, 0.1) is 12.1 Å². The van der Waals surface area contributed by atoms with Gasteiger partial charge in [-0.25, -0.2) is 0 Å². The standard InChI is InChI=1S/C20H18N2O3/c1-14(23)21-16-7-9-17(10-8-16)22-18(13-20(24)25)11-12-19(22)15-5-3-2-4-6-15/h2-12H,13H2,1H3,(H,21,23)(H,24,25).